The average molecular weight is 384 g/mol. The van der Waals surface area contributed by atoms with Gasteiger partial charge in [-0.25, -0.2) is 12.8 Å². The second kappa shape index (κ2) is 5.67. The highest BCUT2D eigenvalue weighted by Crippen LogP contribution is 2.33. The van der Waals surface area contributed by atoms with Crippen molar-refractivity contribution in [1.82, 2.24) is 0 Å². The minimum atomic E-state index is -3.88. The summed E-state index contributed by atoms with van der Waals surface area (Å²) in [5.41, 5.74) is 0. The number of hydrogen-bond acceptors (Lipinski definition) is 3. The van der Waals surface area contributed by atoms with E-state index in [-0.39, 0.29) is 20.9 Å². The maximum atomic E-state index is 13.5. The van der Waals surface area contributed by atoms with Crippen LogP contribution in [0.1, 0.15) is 0 Å². The quantitative estimate of drug-likeness (QED) is 0.736. The van der Waals surface area contributed by atoms with Crippen molar-refractivity contribution < 1.29 is 21.9 Å². The van der Waals surface area contributed by atoms with Crippen molar-refractivity contribution in [3.05, 3.63) is 52.5 Å². The molecule has 20 heavy (non-hydrogen) atoms. The normalized spacial score (nSPS) is 11.4. The number of ether oxygens (including phenoxy) is 1. The highest BCUT2D eigenvalue weighted by molar-refractivity contribution is 9.10. The lowest BCUT2D eigenvalue weighted by atomic mass is 10.3. The van der Waals surface area contributed by atoms with Gasteiger partial charge in [0.05, 0.1) is 9.37 Å². The van der Waals surface area contributed by atoms with Gasteiger partial charge < -0.3 is 4.74 Å². The van der Waals surface area contributed by atoms with Gasteiger partial charge in [0, 0.05) is 10.7 Å². The lowest BCUT2D eigenvalue weighted by Gasteiger charge is -2.09. The Bertz CT molecular complexity index is 765. The summed E-state index contributed by atoms with van der Waals surface area (Å²) in [5.74, 6) is -2.36. The van der Waals surface area contributed by atoms with Crippen LogP contribution in [0.15, 0.2) is 45.8 Å². The summed E-state index contributed by atoms with van der Waals surface area (Å²) in [6.07, 6.45) is 0. The Morgan fingerprint density at radius 3 is 2.40 bits per heavy atom. The van der Waals surface area contributed by atoms with E-state index < -0.39 is 20.7 Å². The van der Waals surface area contributed by atoms with Crippen molar-refractivity contribution in [2.45, 2.75) is 4.90 Å². The van der Waals surface area contributed by atoms with Crippen LogP contribution in [0.3, 0.4) is 0 Å². The average Bonchev–Trinajstić information content (AvgIpc) is 2.36. The molecule has 0 unspecified atom stereocenters. The molecule has 0 saturated heterocycles. The summed E-state index contributed by atoms with van der Waals surface area (Å²) >= 11 is 3.08. The van der Waals surface area contributed by atoms with E-state index in [9.17, 15) is 17.2 Å². The minimum absolute atomic E-state index is 0.124. The molecule has 3 nitrogen and oxygen atoms in total. The van der Waals surface area contributed by atoms with Gasteiger partial charge >= 0.3 is 0 Å². The SMILES string of the molecule is O=S(=O)(Cl)c1ccc(Oc2cccc(F)c2F)c(Br)c1. The summed E-state index contributed by atoms with van der Waals surface area (Å²) in [5, 5.41) is 0. The van der Waals surface area contributed by atoms with Crippen LogP contribution in [0.25, 0.3) is 0 Å². The summed E-state index contributed by atoms with van der Waals surface area (Å²) in [4.78, 5) is -0.141. The zero-order valence-corrected chi connectivity index (χ0v) is 12.8. The molecular formula is C12H6BrClF2O3S. The van der Waals surface area contributed by atoms with Crippen molar-refractivity contribution in [2.24, 2.45) is 0 Å². The highest BCUT2D eigenvalue weighted by Gasteiger charge is 2.15. The minimum Gasteiger partial charge on any atom is -0.453 e. The summed E-state index contributed by atoms with van der Waals surface area (Å²) < 4.78 is 54.2. The summed E-state index contributed by atoms with van der Waals surface area (Å²) in [7, 11) is 1.31. The Morgan fingerprint density at radius 2 is 1.80 bits per heavy atom. The van der Waals surface area contributed by atoms with Crippen LogP contribution in [0.5, 0.6) is 11.5 Å². The molecule has 0 aliphatic rings. The Morgan fingerprint density at radius 1 is 1.10 bits per heavy atom. The molecule has 0 heterocycles. The molecule has 0 atom stereocenters. The van der Waals surface area contributed by atoms with E-state index in [1.165, 1.54) is 30.3 Å². The van der Waals surface area contributed by atoms with Gasteiger partial charge in [-0.1, -0.05) is 6.07 Å². The molecule has 8 heteroatoms. The van der Waals surface area contributed by atoms with Crippen molar-refractivity contribution in [3.63, 3.8) is 0 Å². The lowest BCUT2D eigenvalue weighted by molar-refractivity contribution is 0.414. The van der Waals surface area contributed by atoms with Gasteiger partial charge in [-0.15, -0.1) is 0 Å². The first-order valence-corrected chi connectivity index (χ1v) is 8.25. The van der Waals surface area contributed by atoms with Crippen molar-refractivity contribution in [3.8, 4) is 11.5 Å². The van der Waals surface area contributed by atoms with Gasteiger partial charge in [0.15, 0.2) is 11.6 Å². The van der Waals surface area contributed by atoms with E-state index in [1.54, 1.807) is 0 Å². The van der Waals surface area contributed by atoms with Crippen LogP contribution in [0.4, 0.5) is 8.78 Å². The Balaban J connectivity index is 2.38. The first kappa shape index (κ1) is 15.2. The highest BCUT2D eigenvalue weighted by atomic mass is 79.9. The number of hydrogen-bond donors (Lipinski definition) is 0. The second-order valence-electron chi connectivity index (χ2n) is 3.68. The molecule has 106 valence electrons. The largest absolute Gasteiger partial charge is 0.453 e. The third-order valence-corrected chi connectivity index (χ3v) is 4.29. The smallest absolute Gasteiger partial charge is 0.261 e. The fraction of sp³-hybridized carbons (Fsp3) is 0. The first-order valence-electron chi connectivity index (χ1n) is 5.15. The summed E-state index contributed by atoms with van der Waals surface area (Å²) in [6, 6.07) is 7.18. The molecule has 0 N–H and O–H groups in total. The van der Waals surface area contributed by atoms with Gasteiger partial charge in [0.1, 0.15) is 5.75 Å². The van der Waals surface area contributed by atoms with Gasteiger partial charge in [-0.05, 0) is 46.3 Å². The fourth-order valence-corrected chi connectivity index (χ4v) is 2.79. The maximum Gasteiger partial charge on any atom is 0.261 e. The van der Waals surface area contributed by atoms with Crippen molar-refractivity contribution >= 4 is 35.7 Å². The topological polar surface area (TPSA) is 43.4 Å². The van der Waals surface area contributed by atoms with Crippen molar-refractivity contribution in [2.75, 3.05) is 0 Å². The molecule has 2 rings (SSSR count). The van der Waals surface area contributed by atoms with Gasteiger partial charge in [-0.2, -0.15) is 4.39 Å². The molecule has 2 aromatic carbocycles. The van der Waals surface area contributed by atoms with E-state index >= 15 is 0 Å². The Kier molecular flexibility index (Phi) is 4.31. The molecular weight excluding hydrogens is 378 g/mol. The van der Waals surface area contributed by atoms with Crippen LogP contribution in [-0.2, 0) is 9.05 Å². The second-order valence-corrected chi connectivity index (χ2v) is 7.10. The van der Waals surface area contributed by atoms with Gasteiger partial charge in [0.2, 0.25) is 5.82 Å². The van der Waals surface area contributed by atoms with Crippen LogP contribution in [0.2, 0.25) is 0 Å². The van der Waals surface area contributed by atoms with E-state index in [0.717, 1.165) is 6.07 Å². The zero-order chi connectivity index (χ0) is 14.9. The molecule has 0 aliphatic carbocycles. The van der Waals surface area contributed by atoms with Crippen LogP contribution >= 0.6 is 26.6 Å². The Hall–Kier alpha value is -1.18. The van der Waals surface area contributed by atoms with Crippen molar-refractivity contribution in [1.29, 1.82) is 0 Å². The summed E-state index contributed by atoms with van der Waals surface area (Å²) in [6.45, 7) is 0. The van der Waals surface area contributed by atoms with Crippen LogP contribution in [-0.4, -0.2) is 8.42 Å². The molecule has 2 aromatic rings. The van der Waals surface area contributed by atoms with Gasteiger partial charge in [-0.3, -0.25) is 0 Å². The molecule has 0 aliphatic heterocycles. The van der Waals surface area contributed by atoms with E-state index in [2.05, 4.69) is 15.9 Å². The van der Waals surface area contributed by atoms with Gasteiger partial charge in [0.25, 0.3) is 9.05 Å². The Labute approximate surface area is 126 Å². The van der Waals surface area contributed by atoms with E-state index in [4.69, 9.17) is 15.4 Å². The predicted molar refractivity (Wildman–Crippen MR) is 73.6 cm³/mol. The predicted octanol–water partition coefficient (Wildman–Crippen LogP) is 4.45. The third kappa shape index (κ3) is 3.28. The molecule has 0 bridgehead atoms. The number of halogens is 4. The number of benzene rings is 2. The molecule has 0 radical (unpaired) electrons. The molecule has 0 aromatic heterocycles. The zero-order valence-electron chi connectivity index (χ0n) is 9.61. The monoisotopic (exact) mass is 382 g/mol. The van der Waals surface area contributed by atoms with Crippen LogP contribution < -0.4 is 4.74 Å². The molecule has 0 amide bonds. The number of rotatable bonds is 3. The van der Waals surface area contributed by atoms with E-state index in [1.807, 2.05) is 0 Å². The van der Waals surface area contributed by atoms with E-state index in [0.29, 0.717) is 0 Å². The lowest BCUT2D eigenvalue weighted by Crippen LogP contribution is -1.94. The maximum absolute atomic E-state index is 13.5. The molecule has 0 spiro atoms. The van der Waals surface area contributed by atoms with Crippen LogP contribution in [0, 0.1) is 11.6 Å². The fourth-order valence-electron chi connectivity index (χ4n) is 1.40. The first-order chi connectivity index (χ1) is 9.29. The molecule has 0 fully saturated rings. The standard InChI is InChI=1S/C12H6BrClF2O3S/c13-8-6-7(20(14,17)18)4-5-10(8)19-11-3-1-2-9(15)12(11)16/h1-6H. The third-order valence-electron chi connectivity index (χ3n) is 2.32. The molecule has 0 saturated carbocycles.